The summed E-state index contributed by atoms with van der Waals surface area (Å²) in [6.07, 6.45) is -1.61. The predicted molar refractivity (Wildman–Crippen MR) is 44.3 cm³/mol. The van der Waals surface area contributed by atoms with Gasteiger partial charge in [-0.15, -0.1) is 13.2 Å². The summed E-state index contributed by atoms with van der Waals surface area (Å²) >= 11 is 0. The Bertz CT molecular complexity index is 240. The topological polar surface area (TPSA) is 17.8 Å². The zero-order valence-electron chi connectivity index (χ0n) is 7.89. The van der Waals surface area contributed by atoms with Crippen LogP contribution in [0.2, 0.25) is 0 Å². The van der Waals surface area contributed by atoms with E-state index < -0.39 is 6.30 Å². The van der Waals surface area contributed by atoms with Crippen molar-refractivity contribution in [2.24, 2.45) is 0 Å². The number of hydrogen-bond donors (Lipinski definition) is 0. The molecule has 1 aromatic heterocycles. The second-order valence-corrected chi connectivity index (χ2v) is 2.11. The highest BCUT2D eigenvalue weighted by atomic mass is 19.4. The number of halogens is 3. The molecule has 0 amide bonds. The zero-order valence-corrected chi connectivity index (χ0v) is 7.89. The van der Waals surface area contributed by atoms with Crippen LogP contribution in [0.1, 0.15) is 26.3 Å². The lowest BCUT2D eigenvalue weighted by Gasteiger charge is -2.03. The molecule has 0 aromatic carbocycles. The van der Waals surface area contributed by atoms with Crippen molar-refractivity contribution in [2.45, 2.75) is 33.5 Å². The maximum absolute atomic E-state index is 11.8. The molecule has 0 radical (unpaired) electrons. The van der Waals surface area contributed by atoms with E-state index in [-0.39, 0.29) is 4.68 Å². The number of aromatic nitrogens is 2. The maximum Gasteiger partial charge on any atom is 0.504 e. The highest BCUT2D eigenvalue weighted by molar-refractivity contribution is 5.03. The van der Waals surface area contributed by atoms with Gasteiger partial charge in [-0.3, -0.25) is 0 Å². The average molecular weight is 194 g/mol. The maximum atomic E-state index is 11.8. The fourth-order valence-electron chi connectivity index (χ4n) is 0.681. The van der Waals surface area contributed by atoms with Gasteiger partial charge in [-0.25, -0.2) is 0 Å². The van der Waals surface area contributed by atoms with E-state index in [9.17, 15) is 13.2 Å². The number of hydrogen-bond acceptors (Lipinski definition) is 1. The van der Waals surface area contributed by atoms with Crippen molar-refractivity contribution < 1.29 is 13.2 Å². The van der Waals surface area contributed by atoms with Crippen molar-refractivity contribution in [1.82, 2.24) is 9.78 Å². The summed E-state index contributed by atoms with van der Waals surface area (Å²) in [4.78, 5) is 0. The SMILES string of the molecule is CC.CCc1cnn(C(F)(F)F)c1. The van der Waals surface area contributed by atoms with Crippen LogP contribution < -0.4 is 0 Å². The molecule has 0 spiro atoms. The first-order valence-electron chi connectivity index (χ1n) is 4.14. The lowest BCUT2D eigenvalue weighted by atomic mass is 10.3. The van der Waals surface area contributed by atoms with E-state index in [0.29, 0.717) is 12.0 Å². The number of aryl methyl sites for hydroxylation is 1. The van der Waals surface area contributed by atoms with Gasteiger partial charge in [-0.1, -0.05) is 20.8 Å². The van der Waals surface area contributed by atoms with E-state index in [1.807, 2.05) is 13.8 Å². The minimum Gasteiger partial charge on any atom is -0.179 e. The molecular weight excluding hydrogens is 181 g/mol. The van der Waals surface area contributed by atoms with Gasteiger partial charge in [0.1, 0.15) is 0 Å². The van der Waals surface area contributed by atoms with E-state index in [4.69, 9.17) is 0 Å². The van der Waals surface area contributed by atoms with Crippen molar-refractivity contribution in [2.75, 3.05) is 0 Å². The summed E-state index contributed by atoms with van der Waals surface area (Å²) < 4.78 is 35.5. The monoisotopic (exact) mass is 194 g/mol. The third-order valence-corrected chi connectivity index (χ3v) is 1.30. The lowest BCUT2D eigenvalue weighted by molar-refractivity contribution is -0.212. The molecule has 1 aromatic rings. The molecule has 76 valence electrons. The fraction of sp³-hybridized carbons (Fsp3) is 0.625. The highest BCUT2D eigenvalue weighted by Gasteiger charge is 2.31. The number of nitrogens with zero attached hydrogens (tertiary/aromatic N) is 2. The van der Waals surface area contributed by atoms with Gasteiger partial charge in [0.2, 0.25) is 0 Å². The minimum absolute atomic E-state index is 0.00579. The standard InChI is InChI=1S/C6H7F3N2.C2H6/c1-2-5-3-10-11(4-5)6(7,8)9;1-2/h3-4H,2H2,1H3;1-2H3. The molecule has 0 unspecified atom stereocenters. The Morgan fingerprint density at radius 2 is 1.92 bits per heavy atom. The van der Waals surface area contributed by atoms with Crippen LogP contribution in [0.3, 0.4) is 0 Å². The normalized spacial score (nSPS) is 10.6. The second kappa shape index (κ2) is 4.89. The van der Waals surface area contributed by atoms with Crippen LogP contribution in [-0.4, -0.2) is 9.78 Å². The van der Waals surface area contributed by atoms with E-state index in [0.717, 1.165) is 6.20 Å². The van der Waals surface area contributed by atoms with Gasteiger partial charge in [-0.05, 0) is 12.0 Å². The van der Waals surface area contributed by atoms with Crippen LogP contribution in [0.25, 0.3) is 0 Å². The Morgan fingerprint density at radius 1 is 1.38 bits per heavy atom. The third kappa shape index (κ3) is 3.48. The van der Waals surface area contributed by atoms with Gasteiger partial charge in [-0.2, -0.15) is 9.78 Å². The summed E-state index contributed by atoms with van der Waals surface area (Å²) in [6.45, 7) is 5.78. The first-order valence-corrected chi connectivity index (χ1v) is 4.14. The quantitative estimate of drug-likeness (QED) is 0.672. The van der Waals surface area contributed by atoms with E-state index >= 15 is 0 Å². The van der Waals surface area contributed by atoms with Gasteiger partial charge >= 0.3 is 6.30 Å². The van der Waals surface area contributed by atoms with E-state index in [1.54, 1.807) is 6.92 Å². The second-order valence-electron chi connectivity index (χ2n) is 2.11. The number of rotatable bonds is 1. The zero-order chi connectivity index (χ0) is 10.5. The summed E-state index contributed by atoms with van der Waals surface area (Å²) in [7, 11) is 0. The van der Waals surface area contributed by atoms with Crippen molar-refractivity contribution >= 4 is 0 Å². The van der Waals surface area contributed by atoms with Crippen LogP contribution in [-0.2, 0) is 12.7 Å². The average Bonchev–Trinajstić information content (AvgIpc) is 2.54. The fourth-order valence-corrected chi connectivity index (χ4v) is 0.681. The van der Waals surface area contributed by atoms with Gasteiger partial charge < -0.3 is 0 Å². The Balaban J connectivity index is 0.000000671. The molecule has 0 fully saturated rings. The minimum atomic E-state index is -4.38. The summed E-state index contributed by atoms with van der Waals surface area (Å²) in [5, 5.41) is 3.15. The van der Waals surface area contributed by atoms with Gasteiger partial charge in [0.05, 0.1) is 6.20 Å². The molecule has 0 aliphatic carbocycles. The van der Waals surface area contributed by atoms with E-state index in [2.05, 4.69) is 5.10 Å². The van der Waals surface area contributed by atoms with Gasteiger partial charge in [0, 0.05) is 6.20 Å². The molecule has 1 heterocycles. The van der Waals surface area contributed by atoms with Crippen molar-refractivity contribution in [1.29, 1.82) is 0 Å². The van der Waals surface area contributed by atoms with Crippen LogP contribution in [0, 0.1) is 0 Å². The predicted octanol–water partition coefficient (Wildman–Crippen LogP) is 2.95. The third-order valence-electron chi connectivity index (χ3n) is 1.30. The molecular formula is C8H13F3N2. The molecule has 0 aliphatic heterocycles. The summed E-state index contributed by atoms with van der Waals surface area (Å²) in [5.41, 5.74) is 0.585. The highest BCUT2D eigenvalue weighted by Crippen LogP contribution is 2.20. The first-order chi connectivity index (χ1) is 6.04. The van der Waals surface area contributed by atoms with Crippen molar-refractivity contribution in [3.05, 3.63) is 18.0 Å². The Labute approximate surface area is 75.4 Å². The molecule has 0 bridgehead atoms. The summed E-state index contributed by atoms with van der Waals surface area (Å²) in [6, 6.07) is 0. The lowest BCUT2D eigenvalue weighted by Crippen LogP contribution is -2.16. The molecule has 0 atom stereocenters. The number of alkyl halides is 3. The van der Waals surface area contributed by atoms with Crippen LogP contribution >= 0.6 is 0 Å². The molecule has 0 N–H and O–H groups in total. The Hall–Kier alpha value is -1.00. The van der Waals surface area contributed by atoms with Crippen molar-refractivity contribution in [3.8, 4) is 0 Å². The molecule has 5 heteroatoms. The summed E-state index contributed by atoms with van der Waals surface area (Å²) in [5.74, 6) is 0. The largest absolute Gasteiger partial charge is 0.504 e. The van der Waals surface area contributed by atoms with Crippen LogP contribution in [0.15, 0.2) is 12.4 Å². The van der Waals surface area contributed by atoms with Crippen LogP contribution in [0.4, 0.5) is 13.2 Å². The molecule has 0 aliphatic rings. The molecule has 1 rings (SSSR count). The first kappa shape index (κ1) is 12.0. The van der Waals surface area contributed by atoms with E-state index in [1.165, 1.54) is 6.20 Å². The van der Waals surface area contributed by atoms with Crippen LogP contribution in [0.5, 0.6) is 0 Å². The molecule has 0 saturated heterocycles. The van der Waals surface area contributed by atoms with Gasteiger partial charge in [0.15, 0.2) is 0 Å². The smallest absolute Gasteiger partial charge is 0.179 e. The Kier molecular flexibility index (Phi) is 4.51. The molecule has 2 nitrogen and oxygen atoms in total. The molecule has 13 heavy (non-hydrogen) atoms. The van der Waals surface area contributed by atoms with Gasteiger partial charge in [0.25, 0.3) is 0 Å². The van der Waals surface area contributed by atoms with Crippen molar-refractivity contribution in [3.63, 3.8) is 0 Å². The Morgan fingerprint density at radius 3 is 2.15 bits per heavy atom. The molecule has 0 saturated carbocycles.